The van der Waals surface area contributed by atoms with Crippen LogP contribution in [0.1, 0.15) is 0 Å². The topological polar surface area (TPSA) is 40.0 Å². The van der Waals surface area contributed by atoms with Gasteiger partial charge in [-0.1, -0.05) is 66.7 Å². The molecule has 0 saturated carbocycles. The molecule has 0 aliphatic rings. The Morgan fingerprint density at radius 2 is 1.07 bits per heavy atom. The van der Waals surface area contributed by atoms with E-state index in [-0.39, 0.29) is 0 Å². The number of fused-ring (bicyclic) bond motifs is 13. The maximum atomic E-state index is 4.87. The summed E-state index contributed by atoms with van der Waals surface area (Å²) >= 11 is 0. The van der Waals surface area contributed by atoms with Crippen LogP contribution in [0.3, 0.4) is 0 Å². The summed E-state index contributed by atoms with van der Waals surface area (Å²) in [5.41, 5.74) is 9.96. The summed E-state index contributed by atoms with van der Waals surface area (Å²) in [5.74, 6) is 0. The second-order valence-electron chi connectivity index (χ2n) is 11.1. The first-order chi connectivity index (χ1) is 21.4. The van der Waals surface area contributed by atoms with Crippen molar-refractivity contribution in [3.63, 3.8) is 0 Å². The van der Waals surface area contributed by atoms with Crippen LogP contribution >= 0.6 is 0 Å². The fourth-order valence-electron chi connectivity index (χ4n) is 7.16. The third-order valence-electron chi connectivity index (χ3n) is 8.91. The number of imidazole rings is 1. The van der Waals surface area contributed by atoms with Gasteiger partial charge in [-0.05, 0) is 54.6 Å². The van der Waals surface area contributed by atoms with E-state index in [9.17, 15) is 0 Å². The number of aromatic nitrogens is 5. The van der Waals surface area contributed by atoms with Crippen molar-refractivity contribution < 1.29 is 0 Å². The fraction of sp³-hybridized carbons (Fsp3) is 0. The van der Waals surface area contributed by atoms with Crippen molar-refractivity contribution in [2.45, 2.75) is 0 Å². The first-order valence-corrected chi connectivity index (χ1v) is 14.5. The normalized spacial score (nSPS) is 12.2. The molecule has 10 rings (SSSR count). The van der Waals surface area contributed by atoms with Gasteiger partial charge in [-0.2, -0.15) is 0 Å². The van der Waals surface area contributed by atoms with E-state index in [1.165, 1.54) is 38.1 Å². The molecule has 5 heteroatoms. The molecule has 0 aliphatic heterocycles. The minimum absolute atomic E-state index is 0.942. The zero-order valence-electron chi connectivity index (χ0n) is 23.0. The zero-order chi connectivity index (χ0) is 28.1. The van der Waals surface area contributed by atoms with Crippen molar-refractivity contribution in [2.75, 3.05) is 0 Å². The van der Waals surface area contributed by atoms with Gasteiger partial charge in [-0.15, -0.1) is 0 Å². The van der Waals surface area contributed by atoms with Crippen LogP contribution in [0.5, 0.6) is 0 Å². The minimum atomic E-state index is 0.942. The van der Waals surface area contributed by atoms with Crippen LogP contribution in [0, 0.1) is 0 Å². The predicted molar refractivity (Wildman–Crippen MR) is 177 cm³/mol. The summed E-state index contributed by atoms with van der Waals surface area (Å²) in [6, 6.07) is 43.5. The third-order valence-corrected chi connectivity index (χ3v) is 8.91. The first kappa shape index (κ1) is 22.7. The SMILES string of the molecule is c1ccc(-n2c3ccccc3c3ccc4c5cc6c(cc5n(-c5ccccc5)c4c32)c2ncccc2n2ccnc62)cc1. The van der Waals surface area contributed by atoms with E-state index < -0.39 is 0 Å². The molecule has 5 aromatic carbocycles. The average molecular weight is 550 g/mol. The Balaban J connectivity index is 1.50. The van der Waals surface area contributed by atoms with Crippen LogP contribution in [0.2, 0.25) is 0 Å². The van der Waals surface area contributed by atoms with Gasteiger partial charge in [0.05, 0.1) is 33.1 Å². The number of hydrogen-bond acceptors (Lipinski definition) is 2. The maximum absolute atomic E-state index is 4.87. The monoisotopic (exact) mass is 549 g/mol. The summed E-state index contributed by atoms with van der Waals surface area (Å²) in [6.07, 6.45) is 5.78. The zero-order valence-corrected chi connectivity index (χ0v) is 23.0. The summed E-state index contributed by atoms with van der Waals surface area (Å²) in [7, 11) is 0. The molecule has 0 radical (unpaired) electrons. The number of para-hydroxylation sites is 3. The number of nitrogens with zero attached hydrogens (tertiary/aromatic N) is 5. The van der Waals surface area contributed by atoms with Gasteiger partial charge in [0.25, 0.3) is 0 Å². The molecule has 0 bridgehead atoms. The fourth-order valence-corrected chi connectivity index (χ4v) is 7.16. The van der Waals surface area contributed by atoms with Crippen molar-refractivity contribution in [1.29, 1.82) is 0 Å². The van der Waals surface area contributed by atoms with Crippen LogP contribution in [0.25, 0.3) is 82.4 Å². The Labute approximate surface area is 245 Å². The summed E-state index contributed by atoms with van der Waals surface area (Å²) in [6.45, 7) is 0. The van der Waals surface area contributed by atoms with E-state index in [2.05, 4.69) is 129 Å². The summed E-state index contributed by atoms with van der Waals surface area (Å²) in [4.78, 5) is 9.68. The van der Waals surface area contributed by atoms with Gasteiger partial charge in [-0.3, -0.25) is 9.38 Å². The Bertz CT molecular complexity index is 2710. The molecule has 0 spiro atoms. The lowest BCUT2D eigenvalue weighted by molar-refractivity contribution is 1.15. The molecule has 0 aliphatic carbocycles. The predicted octanol–water partition coefficient (Wildman–Crippen LogP) is 9.23. The van der Waals surface area contributed by atoms with E-state index in [1.807, 2.05) is 24.7 Å². The van der Waals surface area contributed by atoms with Gasteiger partial charge in [0.2, 0.25) is 0 Å². The first-order valence-electron chi connectivity index (χ1n) is 14.5. The number of benzene rings is 5. The molecule has 0 unspecified atom stereocenters. The van der Waals surface area contributed by atoms with E-state index in [0.29, 0.717) is 0 Å². The lowest BCUT2D eigenvalue weighted by Crippen LogP contribution is -1.98. The highest BCUT2D eigenvalue weighted by Gasteiger charge is 2.22. The molecule has 5 nitrogen and oxygen atoms in total. The minimum Gasteiger partial charge on any atom is -0.307 e. The van der Waals surface area contributed by atoms with Gasteiger partial charge in [0.1, 0.15) is 5.65 Å². The Morgan fingerprint density at radius 3 is 1.84 bits per heavy atom. The third kappa shape index (κ3) is 2.95. The molecule has 200 valence electrons. The summed E-state index contributed by atoms with van der Waals surface area (Å²) in [5, 5.41) is 7.07. The summed E-state index contributed by atoms with van der Waals surface area (Å²) < 4.78 is 7.02. The Hall–Kier alpha value is -5.94. The molecule has 0 N–H and O–H groups in total. The van der Waals surface area contributed by atoms with Crippen molar-refractivity contribution >= 4 is 71.1 Å². The quantitative estimate of drug-likeness (QED) is 0.202. The molecule has 0 atom stereocenters. The number of pyridine rings is 2. The highest BCUT2D eigenvalue weighted by molar-refractivity contribution is 6.26. The van der Waals surface area contributed by atoms with Crippen molar-refractivity contribution in [3.05, 3.63) is 140 Å². The van der Waals surface area contributed by atoms with Crippen LogP contribution in [0.15, 0.2) is 140 Å². The highest BCUT2D eigenvalue weighted by atomic mass is 15.0. The largest absolute Gasteiger partial charge is 0.307 e. The van der Waals surface area contributed by atoms with Gasteiger partial charge in [-0.25, -0.2) is 4.98 Å². The van der Waals surface area contributed by atoms with Crippen LogP contribution in [0.4, 0.5) is 0 Å². The van der Waals surface area contributed by atoms with Gasteiger partial charge < -0.3 is 9.13 Å². The number of rotatable bonds is 2. The molecular weight excluding hydrogens is 526 g/mol. The molecule has 5 heterocycles. The lowest BCUT2D eigenvalue weighted by atomic mass is 10.0. The Kier molecular flexibility index (Phi) is 4.39. The number of hydrogen-bond donors (Lipinski definition) is 0. The highest BCUT2D eigenvalue weighted by Crippen LogP contribution is 2.43. The average Bonchev–Trinajstić information content (AvgIpc) is 3.78. The van der Waals surface area contributed by atoms with Crippen molar-refractivity contribution in [1.82, 2.24) is 23.5 Å². The van der Waals surface area contributed by atoms with Gasteiger partial charge >= 0.3 is 0 Å². The molecule has 0 saturated heterocycles. The van der Waals surface area contributed by atoms with Crippen molar-refractivity contribution in [2.24, 2.45) is 0 Å². The molecular formula is C38H23N5. The van der Waals surface area contributed by atoms with Crippen LogP contribution < -0.4 is 0 Å². The van der Waals surface area contributed by atoms with Gasteiger partial charge in [0.15, 0.2) is 0 Å². The van der Waals surface area contributed by atoms with Crippen molar-refractivity contribution in [3.8, 4) is 11.4 Å². The molecule has 5 aromatic heterocycles. The molecule has 0 amide bonds. The molecule has 0 fully saturated rings. The van der Waals surface area contributed by atoms with E-state index in [4.69, 9.17) is 9.97 Å². The molecule has 10 aromatic rings. The van der Waals surface area contributed by atoms with Gasteiger partial charge in [0, 0.05) is 62.3 Å². The van der Waals surface area contributed by atoms with Crippen LogP contribution in [-0.2, 0) is 0 Å². The Morgan fingerprint density at radius 1 is 0.419 bits per heavy atom. The van der Waals surface area contributed by atoms with E-state index in [1.54, 1.807) is 0 Å². The molecule has 43 heavy (non-hydrogen) atoms. The second kappa shape index (κ2) is 8.30. The maximum Gasteiger partial charge on any atom is 0.145 e. The lowest BCUT2D eigenvalue weighted by Gasteiger charge is -2.13. The second-order valence-corrected chi connectivity index (χ2v) is 11.1. The smallest absolute Gasteiger partial charge is 0.145 e. The van der Waals surface area contributed by atoms with E-state index in [0.717, 1.165) is 44.3 Å². The van der Waals surface area contributed by atoms with E-state index >= 15 is 0 Å². The van der Waals surface area contributed by atoms with Crippen LogP contribution in [-0.4, -0.2) is 23.5 Å². The standard InChI is InChI=1S/C38H23N5/c1-3-10-24(11-4-1)42-32-15-8-7-14-26(32)27-17-18-28-29-22-31-30(35-33(16-9-19-39-35)41-21-20-40-38(31)41)23-34(29)43(37(28)36(27)42)25-12-5-2-6-13-25/h1-23H.